The first-order chi connectivity index (χ1) is 15.6. The number of amides is 1. The van der Waals surface area contributed by atoms with Crippen LogP contribution in [0.15, 0.2) is 24.7 Å². The third-order valence-electron chi connectivity index (χ3n) is 5.38. The van der Waals surface area contributed by atoms with E-state index in [1.54, 1.807) is 19.1 Å². The molecule has 2 unspecified atom stereocenters. The molecule has 0 aromatic carbocycles. The molecule has 0 bridgehead atoms. The van der Waals surface area contributed by atoms with Gasteiger partial charge in [0.25, 0.3) is 0 Å². The summed E-state index contributed by atoms with van der Waals surface area (Å²) in [7, 11) is 0. The van der Waals surface area contributed by atoms with Crippen LogP contribution in [0.5, 0.6) is 17.5 Å². The lowest BCUT2D eigenvalue weighted by Gasteiger charge is -2.32. The molecule has 2 aromatic rings. The molecule has 3 rings (SSSR count). The highest BCUT2D eigenvalue weighted by Gasteiger charge is 2.38. The number of hydrogen-bond donors (Lipinski definition) is 0. The van der Waals surface area contributed by atoms with Gasteiger partial charge in [-0.3, -0.25) is 0 Å². The first kappa shape index (κ1) is 24.2. The molecule has 9 heteroatoms. The van der Waals surface area contributed by atoms with Gasteiger partial charge in [-0.25, -0.2) is 19.7 Å². The van der Waals surface area contributed by atoms with Crippen LogP contribution in [0, 0.1) is 18.3 Å². The Morgan fingerprint density at radius 2 is 2.00 bits per heavy atom. The van der Waals surface area contributed by atoms with Crippen molar-refractivity contribution in [2.45, 2.75) is 84.6 Å². The fourth-order valence-electron chi connectivity index (χ4n) is 3.87. The maximum Gasteiger partial charge on any atom is 0.410 e. The zero-order chi connectivity index (χ0) is 24.2. The Morgan fingerprint density at radius 3 is 2.70 bits per heavy atom. The van der Waals surface area contributed by atoms with E-state index in [1.807, 2.05) is 45.6 Å². The normalized spacial score (nSPS) is 19.0. The summed E-state index contributed by atoms with van der Waals surface area (Å²) in [6.07, 6.45) is 4.85. The standard InChI is InChI=1S/C24H31N5O4/c1-15-9-10-18(29(15)23(30)33-24(4,5)6)12-16(2)31-21-17(3)22(28-14-27-21)32-20-8-7-11-26-19(20)13-25/h7-8,11,14-16,18H,9-10,12H2,1-6H3/t15?,16-,18?/m0/s1. The number of nitrogens with zero attached hydrogens (tertiary/aromatic N) is 5. The quantitative estimate of drug-likeness (QED) is 0.614. The molecular formula is C24H31N5O4. The average Bonchev–Trinajstić information content (AvgIpc) is 3.10. The van der Waals surface area contributed by atoms with Crippen LogP contribution in [0.1, 0.15) is 65.1 Å². The molecule has 33 heavy (non-hydrogen) atoms. The number of likely N-dealkylation sites (tertiary alicyclic amines) is 1. The number of hydrogen-bond acceptors (Lipinski definition) is 8. The van der Waals surface area contributed by atoms with Gasteiger partial charge in [-0.05, 0) is 66.5 Å². The molecule has 0 spiro atoms. The topological polar surface area (TPSA) is 110 Å². The van der Waals surface area contributed by atoms with Gasteiger partial charge in [0.1, 0.15) is 18.0 Å². The van der Waals surface area contributed by atoms with Gasteiger partial charge in [-0.15, -0.1) is 0 Å². The minimum absolute atomic E-state index is 0.0243. The summed E-state index contributed by atoms with van der Waals surface area (Å²) >= 11 is 0. The van der Waals surface area contributed by atoms with E-state index in [-0.39, 0.29) is 30.0 Å². The van der Waals surface area contributed by atoms with Gasteiger partial charge < -0.3 is 19.1 Å². The predicted molar refractivity (Wildman–Crippen MR) is 121 cm³/mol. The second-order valence-electron chi connectivity index (χ2n) is 9.30. The number of aromatic nitrogens is 3. The molecular weight excluding hydrogens is 422 g/mol. The minimum Gasteiger partial charge on any atom is -0.474 e. The third-order valence-corrected chi connectivity index (χ3v) is 5.38. The van der Waals surface area contributed by atoms with Crippen LogP contribution in [-0.2, 0) is 4.74 Å². The lowest BCUT2D eigenvalue weighted by atomic mass is 10.1. The Labute approximate surface area is 194 Å². The van der Waals surface area contributed by atoms with Crippen molar-refractivity contribution in [1.82, 2.24) is 19.9 Å². The van der Waals surface area contributed by atoms with Crippen molar-refractivity contribution in [3.8, 4) is 23.6 Å². The summed E-state index contributed by atoms with van der Waals surface area (Å²) in [5.41, 5.74) is 0.241. The van der Waals surface area contributed by atoms with Crippen molar-refractivity contribution >= 4 is 6.09 Å². The predicted octanol–water partition coefficient (Wildman–Crippen LogP) is 4.79. The number of nitriles is 1. The van der Waals surface area contributed by atoms with Gasteiger partial charge in [-0.1, -0.05) is 0 Å². The molecule has 1 aliphatic heterocycles. The van der Waals surface area contributed by atoms with Crippen molar-refractivity contribution in [2.75, 3.05) is 0 Å². The number of carbonyl (C=O) groups excluding carboxylic acids is 1. The Hall–Kier alpha value is -3.41. The molecule has 1 saturated heterocycles. The van der Waals surface area contributed by atoms with Crippen LogP contribution >= 0.6 is 0 Å². The molecule has 0 aliphatic carbocycles. The Morgan fingerprint density at radius 1 is 1.27 bits per heavy atom. The molecule has 2 aromatic heterocycles. The van der Waals surface area contributed by atoms with E-state index >= 15 is 0 Å². The lowest BCUT2D eigenvalue weighted by molar-refractivity contribution is 0.0124. The van der Waals surface area contributed by atoms with E-state index in [2.05, 4.69) is 15.0 Å². The molecule has 0 saturated carbocycles. The minimum atomic E-state index is -0.541. The highest BCUT2D eigenvalue weighted by atomic mass is 16.6. The third kappa shape index (κ3) is 6.09. The van der Waals surface area contributed by atoms with Gasteiger partial charge in [0.2, 0.25) is 11.8 Å². The second kappa shape index (κ2) is 10.0. The van der Waals surface area contributed by atoms with Crippen LogP contribution in [0.4, 0.5) is 4.79 Å². The Bertz CT molecular complexity index is 1030. The van der Waals surface area contributed by atoms with Crippen LogP contribution in [0.3, 0.4) is 0 Å². The number of pyridine rings is 1. The van der Waals surface area contributed by atoms with Gasteiger partial charge in [0.15, 0.2) is 11.4 Å². The Balaban J connectivity index is 1.69. The molecule has 176 valence electrons. The summed E-state index contributed by atoms with van der Waals surface area (Å²) in [6.45, 7) is 11.4. The van der Waals surface area contributed by atoms with Crippen LogP contribution in [0.25, 0.3) is 0 Å². The number of rotatable bonds is 6. The maximum atomic E-state index is 12.7. The van der Waals surface area contributed by atoms with Crippen LogP contribution < -0.4 is 9.47 Å². The van der Waals surface area contributed by atoms with Crippen molar-refractivity contribution in [1.29, 1.82) is 5.26 Å². The molecule has 3 heterocycles. The van der Waals surface area contributed by atoms with E-state index in [4.69, 9.17) is 14.2 Å². The van der Waals surface area contributed by atoms with Gasteiger partial charge >= 0.3 is 6.09 Å². The Kier molecular flexibility index (Phi) is 7.36. The molecule has 9 nitrogen and oxygen atoms in total. The van der Waals surface area contributed by atoms with Gasteiger partial charge in [-0.2, -0.15) is 5.26 Å². The van der Waals surface area contributed by atoms with E-state index in [0.717, 1.165) is 12.8 Å². The molecule has 0 N–H and O–H groups in total. The van der Waals surface area contributed by atoms with Crippen LogP contribution in [0.2, 0.25) is 0 Å². The summed E-state index contributed by atoms with van der Waals surface area (Å²) in [4.78, 5) is 27.0. The maximum absolute atomic E-state index is 12.7. The SMILES string of the molecule is Cc1c(Oc2cccnc2C#N)ncnc1O[C@@H](C)CC1CCC(C)N1C(=O)OC(C)(C)C. The van der Waals surface area contributed by atoms with Gasteiger partial charge in [0, 0.05) is 24.7 Å². The van der Waals surface area contributed by atoms with Crippen molar-refractivity contribution in [3.63, 3.8) is 0 Å². The lowest BCUT2D eigenvalue weighted by Crippen LogP contribution is -2.44. The fraction of sp³-hybridized carbons (Fsp3) is 0.542. The summed E-state index contributed by atoms with van der Waals surface area (Å²) in [6, 6.07) is 5.48. The molecule has 3 atom stereocenters. The molecule has 1 aliphatic rings. The van der Waals surface area contributed by atoms with E-state index in [9.17, 15) is 10.1 Å². The highest BCUT2D eigenvalue weighted by Crippen LogP contribution is 2.32. The van der Waals surface area contributed by atoms with Crippen molar-refractivity contribution in [3.05, 3.63) is 35.9 Å². The fourth-order valence-corrected chi connectivity index (χ4v) is 3.87. The zero-order valence-corrected chi connectivity index (χ0v) is 20.0. The molecule has 1 fully saturated rings. The zero-order valence-electron chi connectivity index (χ0n) is 20.0. The van der Waals surface area contributed by atoms with E-state index in [1.165, 1.54) is 12.5 Å². The summed E-state index contributed by atoms with van der Waals surface area (Å²) in [5, 5.41) is 9.23. The van der Waals surface area contributed by atoms with E-state index in [0.29, 0.717) is 29.5 Å². The van der Waals surface area contributed by atoms with Crippen LogP contribution in [-0.4, -0.2) is 49.7 Å². The number of ether oxygens (including phenoxy) is 3. The largest absolute Gasteiger partial charge is 0.474 e. The average molecular weight is 454 g/mol. The van der Waals surface area contributed by atoms with Gasteiger partial charge in [0.05, 0.1) is 11.7 Å². The first-order valence-electron chi connectivity index (χ1n) is 11.1. The summed E-state index contributed by atoms with van der Waals surface area (Å²) < 4.78 is 17.5. The summed E-state index contributed by atoms with van der Waals surface area (Å²) in [5.74, 6) is 1.00. The van der Waals surface area contributed by atoms with Crippen molar-refractivity contribution in [2.24, 2.45) is 0 Å². The monoisotopic (exact) mass is 453 g/mol. The smallest absolute Gasteiger partial charge is 0.410 e. The second-order valence-corrected chi connectivity index (χ2v) is 9.30. The molecule has 0 radical (unpaired) electrons. The highest BCUT2D eigenvalue weighted by molar-refractivity contribution is 5.69. The molecule has 1 amide bonds. The number of carbonyl (C=O) groups is 1. The first-order valence-corrected chi connectivity index (χ1v) is 11.1. The van der Waals surface area contributed by atoms with Crippen molar-refractivity contribution < 1.29 is 19.0 Å². The van der Waals surface area contributed by atoms with E-state index < -0.39 is 5.60 Å².